The maximum absolute atomic E-state index is 12.8. The highest BCUT2D eigenvalue weighted by Gasteiger charge is 2.19. The first-order valence-corrected chi connectivity index (χ1v) is 25.1. The van der Waals surface area contributed by atoms with Crippen LogP contribution in [0.3, 0.4) is 0 Å². The molecule has 0 rings (SSSR count). The Kier molecular flexibility index (Phi) is 47.7. The zero-order valence-corrected chi connectivity index (χ0v) is 40.9. The summed E-state index contributed by atoms with van der Waals surface area (Å²) in [6, 6.07) is 0. The zero-order valence-electron chi connectivity index (χ0n) is 40.9. The first kappa shape index (κ1) is 60.0. The van der Waals surface area contributed by atoms with Crippen molar-refractivity contribution in [2.45, 2.75) is 181 Å². The number of hydrogen-bond donors (Lipinski definition) is 0. The van der Waals surface area contributed by atoms with Crippen LogP contribution >= 0.6 is 0 Å². The van der Waals surface area contributed by atoms with Crippen LogP contribution in [0.4, 0.5) is 0 Å². The molecule has 0 amide bonds. The van der Waals surface area contributed by atoms with Gasteiger partial charge in [0.15, 0.2) is 6.10 Å². The number of hydrogen-bond acceptors (Lipinski definition) is 6. The van der Waals surface area contributed by atoms with E-state index in [0.29, 0.717) is 19.3 Å². The second-order valence-corrected chi connectivity index (χ2v) is 15.8. The molecule has 0 aromatic rings. The quantitative estimate of drug-likeness (QED) is 0.0200. The van der Waals surface area contributed by atoms with E-state index in [9.17, 15) is 14.4 Å². The molecule has 1 atom stereocenters. The Labute approximate surface area is 397 Å². The van der Waals surface area contributed by atoms with Crippen LogP contribution < -0.4 is 0 Å². The molecular weight excluding hydrogens is 805 g/mol. The lowest BCUT2D eigenvalue weighted by Crippen LogP contribution is -2.30. The third-order valence-electron chi connectivity index (χ3n) is 9.70. The molecule has 360 valence electrons. The van der Waals surface area contributed by atoms with Crippen molar-refractivity contribution in [3.63, 3.8) is 0 Å². The van der Waals surface area contributed by atoms with Gasteiger partial charge in [0, 0.05) is 19.3 Å². The molecule has 6 heteroatoms. The van der Waals surface area contributed by atoms with Gasteiger partial charge in [-0.25, -0.2) is 0 Å². The van der Waals surface area contributed by atoms with Gasteiger partial charge in [-0.15, -0.1) is 0 Å². The fraction of sp³-hybridized carbons (Fsp3) is 0.508. The van der Waals surface area contributed by atoms with Gasteiger partial charge in [-0.3, -0.25) is 14.4 Å². The lowest BCUT2D eigenvalue weighted by molar-refractivity contribution is -0.167. The lowest BCUT2D eigenvalue weighted by atomic mass is 10.1. The molecule has 0 spiro atoms. The summed E-state index contributed by atoms with van der Waals surface area (Å²) in [6.07, 6.45) is 75.1. The third kappa shape index (κ3) is 49.9. The molecule has 0 saturated carbocycles. The number of esters is 3. The molecule has 0 aromatic carbocycles. The number of ether oxygens (including phenoxy) is 3. The maximum Gasteiger partial charge on any atom is 0.306 e. The Balaban J connectivity index is 4.62. The fourth-order valence-electron chi connectivity index (χ4n) is 6.03. The Bertz CT molecular complexity index is 1540. The second-order valence-electron chi connectivity index (χ2n) is 15.8. The highest BCUT2D eigenvalue weighted by molar-refractivity contribution is 5.71. The van der Waals surface area contributed by atoms with E-state index < -0.39 is 6.10 Å². The van der Waals surface area contributed by atoms with Crippen molar-refractivity contribution in [2.24, 2.45) is 0 Å². The van der Waals surface area contributed by atoms with Crippen molar-refractivity contribution >= 4 is 17.9 Å². The molecule has 0 saturated heterocycles. The summed E-state index contributed by atoms with van der Waals surface area (Å²) < 4.78 is 16.7. The van der Waals surface area contributed by atoms with Crippen molar-refractivity contribution in [3.8, 4) is 0 Å². The predicted octanol–water partition coefficient (Wildman–Crippen LogP) is 16.6. The molecule has 0 aliphatic heterocycles. The summed E-state index contributed by atoms with van der Waals surface area (Å²) in [6.45, 7) is 6.12. The van der Waals surface area contributed by atoms with Crippen LogP contribution in [0.2, 0.25) is 0 Å². The minimum absolute atomic E-state index is 0.128. The van der Waals surface area contributed by atoms with Gasteiger partial charge < -0.3 is 14.2 Å². The Morgan fingerprint density at radius 3 is 1.11 bits per heavy atom. The molecule has 0 radical (unpaired) electrons. The van der Waals surface area contributed by atoms with Gasteiger partial charge in [0.05, 0.1) is 0 Å². The summed E-state index contributed by atoms with van der Waals surface area (Å²) in [5.74, 6) is -1.06. The molecule has 0 bridgehead atoms. The second kappa shape index (κ2) is 51.7. The first-order chi connectivity index (χ1) is 32.0. The number of carbonyl (C=O) groups is 3. The van der Waals surface area contributed by atoms with Gasteiger partial charge in [-0.1, -0.05) is 217 Å². The van der Waals surface area contributed by atoms with Crippen molar-refractivity contribution in [3.05, 3.63) is 158 Å². The molecular formula is C59H88O6. The Morgan fingerprint density at radius 2 is 0.646 bits per heavy atom. The summed E-state index contributed by atoms with van der Waals surface area (Å²) >= 11 is 0. The fourth-order valence-corrected chi connectivity index (χ4v) is 6.03. The van der Waals surface area contributed by atoms with E-state index in [-0.39, 0.29) is 44.0 Å². The monoisotopic (exact) mass is 893 g/mol. The molecule has 0 aliphatic rings. The highest BCUT2D eigenvalue weighted by atomic mass is 16.6. The SMILES string of the molecule is CC\C=C/C=C\C=C/C=C\C=C/CCCCCC(=O)OC(COC(=O)CCC/C=C\C/C=C\C/C=C\C/C=C\C/C=C\CC)COC(=O)CCCCCCCCC\C=C/C=C\C=C/CC. The standard InChI is InChI=1S/C59H88O6/c1-4-7-10-13-16-19-22-25-28-29-32-34-37-40-43-46-49-52-58(61)64-55-56(65-59(62)53-50-47-44-41-38-35-31-27-24-21-18-15-12-9-6-3)54-63-57(60)51-48-45-42-39-36-33-30-26-23-20-17-14-11-8-5-2/h7-12,14-21,23-25,27-28,31-32,34-35,38,40,43,56H,4-6,13,22,26,29-30,33,36-37,39,41-42,44-55H2,1-3H3/b10-7-,11-8-,12-9-,17-14-,18-15-,19-16-,23-20-,24-21-,28-25-,31-27-,34-32-,38-35-,43-40-. The van der Waals surface area contributed by atoms with Gasteiger partial charge in [0.1, 0.15) is 13.2 Å². The van der Waals surface area contributed by atoms with Gasteiger partial charge in [0.25, 0.3) is 0 Å². The summed E-state index contributed by atoms with van der Waals surface area (Å²) in [5, 5.41) is 0. The summed E-state index contributed by atoms with van der Waals surface area (Å²) in [7, 11) is 0. The first-order valence-electron chi connectivity index (χ1n) is 25.1. The molecule has 0 N–H and O–H groups in total. The van der Waals surface area contributed by atoms with Gasteiger partial charge >= 0.3 is 17.9 Å². The van der Waals surface area contributed by atoms with Crippen LogP contribution in [0.5, 0.6) is 0 Å². The van der Waals surface area contributed by atoms with Crippen LogP contribution in [-0.2, 0) is 28.6 Å². The number of carbonyl (C=O) groups excluding carboxylic acids is 3. The number of rotatable bonds is 42. The van der Waals surface area contributed by atoms with E-state index in [1.54, 1.807) is 0 Å². The smallest absolute Gasteiger partial charge is 0.306 e. The van der Waals surface area contributed by atoms with Crippen LogP contribution in [-0.4, -0.2) is 37.2 Å². The van der Waals surface area contributed by atoms with Crippen LogP contribution in [0, 0.1) is 0 Å². The Morgan fingerprint density at radius 1 is 0.323 bits per heavy atom. The number of allylic oxidation sites excluding steroid dienone is 26. The summed E-state index contributed by atoms with van der Waals surface area (Å²) in [4.78, 5) is 38.0. The number of unbranched alkanes of at least 4 members (excludes halogenated alkanes) is 11. The van der Waals surface area contributed by atoms with Crippen molar-refractivity contribution in [1.82, 2.24) is 0 Å². The van der Waals surface area contributed by atoms with E-state index in [1.807, 2.05) is 48.6 Å². The van der Waals surface area contributed by atoms with E-state index in [0.717, 1.165) is 103 Å². The maximum atomic E-state index is 12.8. The molecule has 1 unspecified atom stereocenters. The van der Waals surface area contributed by atoms with Crippen LogP contribution in [0.15, 0.2) is 158 Å². The normalized spacial score (nSPS) is 13.5. The molecule has 0 fully saturated rings. The van der Waals surface area contributed by atoms with Crippen LogP contribution in [0.1, 0.15) is 175 Å². The minimum Gasteiger partial charge on any atom is -0.462 e. The largest absolute Gasteiger partial charge is 0.462 e. The van der Waals surface area contributed by atoms with Crippen LogP contribution in [0.25, 0.3) is 0 Å². The van der Waals surface area contributed by atoms with Gasteiger partial charge in [-0.05, 0) is 96.3 Å². The predicted molar refractivity (Wildman–Crippen MR) is 278 cm³/mol. The molecule has 0 aliphatic carbocycles. The van der Waals surface area contributed by atoms with Crippen molar-refractivity contribution in [2.75, 3.05) is 13.2 Å². The van der Waals surface area contributed by atoms with Crippen molar-refractivity contribution in [1.29, 1.82) is 0 Å². The topological polar surface area (TPSA) is 78.9 Å². The lowest BCUT2D eigenvalue weighted by Gasteiger charge is -2.18. The Hall–Kier alpha value is -4.97. The van der Waals surface area contributed by atoms with E-state index in [4.69, 9.17) is 14.2 Å². The molecule has 6 nitrogen and oxygen atoms in total. The minimum atomic E-state index is -0.836. The molecule has 0 aromatic heterocycles. The molecule has 0 heterocycles. The van der Waals surface area contributed by atoms with Crippen molar-refractivity contribution < 1.29 is 28.6 Å². The average Bonchev–Trinajstić information content (AvgIpc) is 3.30. The van der Waals surface area contributed by atoms with E-state index in [1.165, 1.54) is 19.3 Å². The van der Waals surface area contributed by atoms with Gasteiger partial charge in [0.2, 0.25) is 0 Å². The van der Waals surface area contributed by atoms with E-state index in [2.05, 4.69) is 130 Å². The summed E-state index contributed by atoms with van der Waals surface area (Å²) in [5.41, 5.74) is 0. The average molecular weight is 893 g/mol. The van der Waals surface area contributed by atoms with E-state index >= 15 is 0 Å². The molecule has 65 heavy (non-hydrogen) atoms. The third-order valence-corrected chi connectivity index (χ3v) is 9.70. The highest BCUT2D eigenvalue weighted by Crippen LogP contribution is 2.12. The zero-order chi connectivity index (χ0) is 47.2. The van der Waals surface area contributed by atoms with Gasteiger partial charge in [-0.2, -0.15) is 0 Å².